The van der Waals surface area contributed by atoms with Gasteiger partial charge in [0.1, 0.15) is 5.82 Å². The first-order chi connectivity index (χ1) is 10.5. The van der Waals surface area contributed by atoms with Crippen LogP contribution in [-0.2, 0) is 6.42 Å². The fourth-order valence-electron chi connectivity index (χ4n) is 2.15. The van der Waals surface area contributed by atoms with Crippen LogP contribution >= 0.6 is 0 Å². The number of hydrogen-bond acceptors (Lipinski definition) is 3. The van der Waals surface area contributed by atoms with Gasteiger partial charge in [-0.05, 0) is 46.2 Å². The van der Waals surface area contributed by atoms with Crippen molar-refractivity contribution in [2.75, 3.05) is 13.1 Å². The molecule has 120 valence electrons. The summed E-state index contributed by atoms with van der Waals surface area (Å²) >= 11 is 0. The monoisotopic (exact) mass is 302 g/mol. The maximum absolute atomic E-state index is 4.62. The van der Waals surface area contributed by atoms with Gasteiger partial charge in [-0.1, -0.05) is 6.07 Å². The van der Waals surface area contributed by atoms with E-state index < -0.39 is 0 Å². The van der Waals surface area contributed by atoms with Crippen molar-refractivity contribution < 1.29 is 0 Å². The number of pyridine rings is 1. The smallest absolute Gasteiger partial charge is 0.191 e. The van der Waals surface area contributed by atoms with Gasteiger partial charge >= 0.3 is 0 Å². The predicted molar refractivity (Wildman–Crippen MR) is 90.2 cm³/mol. The van der Waals surface area contributed by atoms with E-state index in [0.29, 0.717) is 0 Å². The largest absolute Gasteiger partial charge is 0.357 e. The third-order valence-corrected chi connectivity index (χ3v) is 3.05. The zero-order valence-corrected chi connectivity index (χ0v) is 13.9. The van der Waals surface area contributed by atoms with Crippen molar-refractivity contribution in [2.24, 2.45) is 4.99 Å². The minimum Gasteiger partial charge on any atom is -0.357 e. The van der Waals surface area contributed by atoms with Gasteiger partial charge in [-0.3, -0.25) is 9.39 Å². The summed E-state index contributed by atoms with van der Waals surface area (Å²) in [6.07, 6.45) is 3.80. The number of hydrogen-bond donors (Lipinski definition) is 2. The SMILES string of the molecule is CCNC(=NCCCc1nnc2ccccn12)NC(C)(C)C. The van der Waals surface area contributed by atoms with Crippen LogP contribution in [0.3, 0.4) is 0 Å². The molecule has 2 rings (SSSR count). The summed E-state index contributed by atoms with van der Waals surface area (Å²) < 4.78 is 2.03. The second-order valence-electron chi connectivity index (χ2n) is 6.28. The van der Waals surface area contributed by atoms with E-state index in [9.17, 15) is 0 Å². The van der Waals surface area contributed by atoms with E-state index in [2.05, 4.69) is 53.5 Å². The first kappa shape index (κ1) is 16.3. The Morgan fingerprint density at radius 3 is 2.82 bits per heavy atom. The summed E-state index contributed by atoms with van der Waals surface area (Å²) in [5.41, 5.74) is 0.897. The highest BCUT2D eigenvalue weighted by Crippen LogP contribution is 2.05. The van der Waals surface area contributed by atoms with Gasteiger partial charge in [-0.15, -0.1) is 10.2 Å². The van der Waals surface area contributed by atoms with Crippen LogP contribution in [0.5, 0.6) is 0 Å². The first-order valence-corrected chi connectivity index (χ1v) is 7.85. The Kier molecular flexibility index (Phi) is 5.35. The number of guanidine groups is 1. The third-order valence-electron chi connectivity index (χ3n) is 3.05. The fourth-order valence-corrected chi connectivity index (χ4v) is 2.15. The van der Waals surface area contributed by atoms with Crippen LogP contribution in [0.4, 0.5) is 0 Å². The number of rotatable bonds is 5. The quantitative estimate of drug-likeness (QED) is 0.504. The fraction of sp³-hybridized carbons (Fsp3) is 0.562. The first-order valence-electron chi connectivity index (χ1n) is 7.85. The molecule has 0 aliphatic rings. The van der Waals surface area contributed by atoms with Crippen molar-refractivity contribution in [3.8, 4) is 0 Å². The molecule has 0 aromatic carbocycles. The molecule has 0 aliphatic carbocycles. The van der Waals surface area contributed by atoms with Crippen LogP contribution in [0, 0.1) is 0 Å². The molecule has 0 saturated heterocycles. The summed E-state index contributed by atoms with van der Waals surface area (Å²) in [6.45, 7) is 10.1. The van der Waals surface area contributed by atoms with Crippen LogP contribution in [0.2, 0.25) is 0 Å². The van der Waals surface area contributed by atoms with E-state index in [1.54, 1.807) is 0 Å². The average molecular weight is 302 g/mol. The lowest BCUT2D eigenvalue weighted by Gasteiger charge is -2.23. The molecule has 0 atom stereocenters. The molecular formula is C16H26N6. The topological polar surface area (TPSA) is 66.6 Å². The van der Waals surface area contributed by atoms with Gasteiger partial charge in [0.05, 0.1) is 0 Å². The van der Waals surface area contributed by atoms with E-state index in [0.717, 1.165) is 43.4 Å². The van der Waals surface area contributed by atoms with Crippen molar-refractivity contribution >= 4 is 11.6 Å². The van der Waals surface area contributed by atoms with Crippen LogP contribution in [0.15, 0.2) is 29.4 Å². The van der Waals surface area contributed by atoms with Gasteiger partial charge in [0.15, 0.2) is 11.6 Å². The second kappa shape index (κ2) is 7.24. The maximum Gasteiger partial charge on any atom is 0.191 e. The van der Waals surface area contributed by atoms with E-state index in [-0.39, 0.29) is 5.54 Å². The standard InChI is InChI=1S/C16H26N6/c1-5-17-15(19-16(2,3)4)18-11-8-10-14-21-20-13-9-6-7-12-22(13)14/h6-7,9,12H,5,8,10-11H2,1-4H3,(H2,17,18,19). The minimum atomic E-state index is 0.00418. The van der Waals surface area contributed by atoms with E-state index in [4.69, 9.17) is 0 Å². The molecule has 0 spiro atoms. The Hall–Kier alpha value is -2.11. The summed E-state index contributed by atoms with van der Waals surface area (Å²) in [4.78, 5) is 4.62. The number of aliphatic imine (C=N–C) groups is 1. The molecule has 0 bridgehead atoms. The number of nitrogens with zero attached hydrogens (tertiary/aromatic N) is 4. The summed E-state index contributed by atoms with van der Waals surface area (Å²) in [5.74, 6) is 1.85. The highest BCUT2D eigenvalue weighted by molar-refractivity contribution is 5.80. The van der Waals surface area contributed by atoms with Crippen molar-refractivity contribution in [3.63, 3.8) is 0 Å². The third kappa shape index (κ3) is 4.72. The Labute approximate surface area is 132 Å². The minimum absolute atomic E-state index is 0.00418. The molecule has 2 N–H and O–H groups in total. The lowest BCUT2D eigenvalue weighted by Crippen LogP contribution is -2.47. The van der Waals surface area contributed by atoms with E-state index in [1.807, 2.05) is 28.8 Å². The molecule has 6 heteroatoms. The van der Waals surface area contributed by atoms with Gasteiger partial charge in [0.2, 0.25) is 0 Å². The van der Waals surface area contributed by atoms with Crippen molar-refractivity contribution in [2.45, 2.75) is 46.1 Å². The Morgan fingerprint density at radius 2 is 2.09 bits per heavy atom. The van der Waals surface area contributed by atoms with Gasteiger partial charge < -0.3 is 10.6 Å². The molecule has 0 radical (unpaired) electrons. The van der Waals surface area contributed by atoms with Crippen LogP contribution < -0.4 is 10.6 Å². The van der Waals surface area contributed by atoms with Crippen LogP contribution in [-0.4, -0.2) is 39.2 Å². The second-order valence-corrected chi connectivity index (χ2v) is 6.28. The number of aryl methyl sites for hydroxylation is 1. The molecule has 6 nitrogen and oxygen atoms in total. The van der Waals surface area contributed by atoms with Gasteiger partial charge in [-0.25, -0.2) is 0 Å². The number of fused-ring (bicyclic) bond motifs is 1. The van der Waals surface area contributed by atoms with Crippen molar-refractivity contribution in [1.82, 2.24) is 25.2 Å². The summed E-state index contributed by atoms with van der Waals surface area (Å²) in [5, 5.41) is 15.1. The predicted octanol–water partition coefficient (Wildman–Crippen LogP) is 2.02. The van der Waals surface area contributed by atoms with Crippen molar-refractivity contribution in [1.29, 1.82) is 0 Å². The normalized spacial score (nSPS) is 12.6. The highest BCUT2D eigenvalue weighted by Gasteiger charge is 2.11. The molecule has 0 amide bonds. The average Bonchev–Trinajstić information content (AvgIpc) is 2.85. The van der Waals surface area contributed by atoms with Gasteiger partial charge in [0, 0.05) is 31.2 Å². The number of nitrogens with one attached hydrogen (secondary N) is 2. The van der Waals surface area contributed by atoms with E-state index >= 15 is 0 Å². The van der Waals surface area contributed by atoms with Crippen molar-refractivity contribution in [3.05, 3.63) is 30.2 Å². The zero-order chi connectivity index (χ0) is 16.0. The summed E-state index contributed by atoms with van der Waals surface area (Å²) in [7, 11) is 0. The van der Waals surface area contributed by atoms with E-state index in [1.165, 1.54) is 0 Å². The molecule has 22 heavy (non-hydrogen) atoms. The van der Waals surface area contributed by atoms with Gasteiger partial charge in [-0.2, -0.15) is 0 Å². The Morgan fingerprint density at radius 1 is 1.27 bits per heavy atom. The zero-order valence-electron chi connectivity index (χ0n) is 13.9. The van der Waals surface area contributed by atoms with Gasteiger partial charge in [0.25, 0.3) is 0 Å². The molecule has 0 aliphatic heterocycles. The summed E-state index contributed by atoms with van der Waals surface area (Å²) in [6, 6.07) is 5.93. The molecule has 2 aromatic heterocycles. The molecule has 2 heterocycles. The maximum atomic E-state index is 4.62. The Bertz CT molecular complexity index is 623. The Balaban J connectivity index is 1.90. The molecular weight excluding hydrogens is 276 g/mol. The van der Waals surface area contributed by atoms with Crippen LogP contribution in [0.1, 0.15) is 39.9 Å². The molecule has 0 unspecified atom stereocenters. The molecule has 2 aromatic rings. The van der Waals surface area contributed by atoms with Crippen LogP contribution in [0.25, 0.3) is 5.65 Å². The highest BCUT2D eigenvalue weighted by atomic mass is 15.2. The molecule has 0 saturated carbocycles. The lowest BCUT2D eigenvalue weighted by atomic mass is 10.1. The number of aromatic nitrogens is 3. The lowest BCUT2D eigenvalue weighted by molar-refractivity contribution is 0.501. The molecule has 0 fully saturated rings.